The van der Waals surface area contributed by atoms with Crippen molar-refractivity contribution in [1.29, 1.82) is 0 Å². The summed E-state index contributed by atoms with van der Waals surface area (Å²) in [4.78, 5) is 11.1. The highest BCUT2D eigenvalue weighted by atomic mass is 16.2. The number of hydrogen-bond donors (Lipinski definition) is 2. The summed E-state index contributed by atoms with van der Waals surface area (Å²) in [5.41, 5.74) is 0. The average molecular weight is 168 g/mol. The van der Waals surface area contributed by atoms with Gasteiger partial charge in [0.25, 0.3) is 0 Å². The molecule has 3 nitrogen and oxygen atoms in total. The van der Waals surface area contributed by atoms with Crippen molar-refractivity contribution >= 4 is 5.91 Å². The van der Waals surface area contributed by atoms with Crippen molar-refractivity contribution in [3.05, 3.63) is 0 Å². The molecule has 0 aromatic carbocycles. The Morgan fingerprint density at radius 2 is 2.25 bits per heavy atom. The molecule has 1 saturated carbocycles. The molecule has 2 N–H and O–H groups in total. The number of rotatable bonds is 0. The van der Waals surface area contributed by atoms with Gasteiger partial charge < -0.3 is 10.6 Å². The highest BCUT2D eigenvalue weighted by Crippen LogP contribution is 2.25. The number of nitrogens with one attached hydrogen (secondary N) is 2. The monoisotopic (exact) mass is 168 g/mol. The molecule has 0 bridgehead atoms. The molecule has 12 heavy (non-hydrogen) atoms. The van der Waals surface area contributed by atoms with Crippen LogP contribution in [0.25, 0.3) is 0 Å². The van der Waals surface area contributed by atoms with Crippen LogP contribution < -0.4 is 10.6 Å². The summed E-state index contributed by atoms with van der Waals surface area (Å²) in [6.45, 7) is 2.73. The van der Waals surface area contributed by atoms with E-state index >= 15 is 0 Å². The van der Waals surface area contributed by atoms with Gasteiger partial charge >= 0.3 is 0 Å². The Bertz CT molecular complexity index is 193. The Morgan fingerprint density at radius 1 is 1.42 bits per heavy atom. The van der Waals surface area contributed by atoms with Crippen molar-refractivity contribution < 1.29 is 4.79 Å². The van der Waals surface area contributed by atoms with E-state index in [0.29, 0.717) is 24.5 Å². The molecular formula is C9H16N2O. The fourth-order valence-electron chi connectivity index (χ4n) is 2.35. The van der Waals surface area contributed by atoms with Gasteiger partial charge in [-0.2, -0.15) is 0 Å². The van der Waals surface area contributed by atoms with E-state index in [1.165, 1.54) is 19.3 Å². The first-order chi connectivity index (χ1) is 5.77. The van der Waals surface area contributed by atoms with Gasteiger partial charge in [0.05, 0.1) is 6.54 Å². The van der Waals surface area contributed by atoms with E-state index in [-0.39, 0.29) is 5.91 Å². The van der Waals surface area contributed by atoms with E-state index in [0.717, 1.165) is 0 Å². The van der Waals surface area contributed by atoms with Crippen molar-refractivity contribution in [1.82, 2.24) is 10.6 Å². The lowest BCUT2D eigenvalue weighted by atomic mass is 9.81. The lowest BCUT2D eigenvalue weighted by Gasteiger charge is -2.40. The molecule has 2 aliphatic rings. The quantitative estimate of drug-likeness (QED) is 0.545. The van der Waals surface area contributed by atoms with Crippen LogP contribution in [0, 0.1) is 5.92 Å². The molecule has 1 aliphatic carbocycles. The largest absolute Gasteiger partial charge is 0.350 e. The van der Waals surface area contributed by atoms with Crippen LogP contribution >= 0.6 is 0 Å². The van der Waals surface area contributed by atoms with Crippen molar-refractivity contribution in [3.8, 4) is 0 Å². The topological polar surface area (TPSA) is 41.1 Å². The zero-order valence-electron chi connectivity index (χ0n) is 7.47. The number of piperazine rings is 1. The van der Waals surface area contributed by atoms with E-state index < -0.39 is 0 Å². The maximum Gasteiger partial charge on any atom is 0.234 e. The molecule has 3 heteroatoms. The Hall–Kier alpha value is -0.570. The summed E-state index contributed by atoms with van der Waals surface area (Å²) in [7, 11) is 0. The Morgan fingerprint density at radius 3 is 3.08 bits per heavy atom. The minimum atomic E-state index is 0.157. The highest BCUT2D eigenvalue weighted by molar-refractivity contribution is 5.79. The molecular weight excluding hydrogens is 152 g/mol. The molecule has 0 aromatic heterocycles. The molecule has 1 heterocycles. The van der Waals surface area contributed by atoms with Crippen LogP contribution in [0.4, 0.5) is 0 Å². The zero-order chi connectivity index (χ0) is 8.55. The molecule has 68 valence electrons. The van der Waals surface area contributed by atoms with E-state index in [2.05, 4.69) is 17.6 Å². The molecule has 3 unspecified atom stereocenters. The number of fused-ring (bicyclic) bond motifs is 1. The van der Waals surface area contributed by atoms with Gasteiger partial charge in [-0.25, -0.2) is 0 Å². The molecule has 0 radical (unpaired) electrons. The minimum absolute atomic E-state index is 0.157. The third-order valence-corrected chi connectivity index (χ3v) is 3.07. The van der Waals surface area contributed by atoms with Gasteiger partial charge in [-0.1, -0.05) is 13.3 Å². The van der Waals surface area contributed by atoms with Crippen molar-refractivity contribution in [2.24, 2.45) is 5.92 Å². The van der Waals surface area contributed by atoms with Gasteiger partial charge in [0.15, 0.2) is 0 Å². The van der Waals surface area contributed by atoms with Crippen LogP contribution in [-0.4, -0.2) is 24.5 Å². The molecule has 0 aromatic rings. The van der Waals surface area contributed by atoms with Crippen LogP contribution in [0.2, 0.25) is 0 Å². The second kappa shape index (κ2) is 3.05. The second-order valence-electron chi connectivity index (χ2n) is 3.99. The van der Waals surface area contributed by atoms with Gasteiger partial charge in [-0.3, -0.25) is 4.79 Å². The van der Waals surface area contributed by atoms with E-state index in [4.69, 9.17) is 0 Å². The summed E-state index contributed by atoms with van der Waals surface area (Å²) in [6.07, 6.45) is 3.77. The van der Waals surface area contributed by atoms with Crippen LogP contribution in [0.15, 0.2) is 0 Å². The maximum absolute atomic E-state index is 11.1. The molecule has 1 aliphatic heterocycles. The lowest BCUT2D eigenvalue weighted by molar-refractivity contribution is -0.123. The number of amides is 1. The number of carbonyl (C=O) groups is 1. The van der Waals surface area contributed by atoms with Crippen LogP contribution in [0.1, 0.15) is 26.2 Å². The number of hydrogen-bond acceptors (Lipinski definition) is 2. The van der Waals surface area contributed by atoms with Crippen LogP contribution in [0.5, 0.6) is 0 Å². The number of carbonyl (C=O) groups excluding carboxylic acids is 1. The predicted octanol–water partition coefficient (Wildman–Crippen LogP) is 0.263. The molecule has 1 amide bonds. The van der Waals surface area contributed by atoms with Gasteiger partial charge in [0.1, 0.15) is 0 Å². The van der Waals surface area contributed by atoms with E-state index in [1.807, 2.05) is 0 Å². The summed E-state index contributed by atoms with van der Waals surface area (Å²) in [5, 5.41) is 6.36. The van der Waals surface area contributed by atoms with Crippen molar-refractivity contribution in [3.63, 3.8) is 0 Å². The first-order valence-electron chi connectivity index (χ1n) is 4.80. The molecule has 0 spiro atoms. The van der Waals surface area contributed by atoms with Crippen molar-refractivity contribution in [2.45, 2.75) is 38.3 Å². The summed E-state index contributed by atoms with van der Waals surface area (Å²) in [6, 6.07) is 0.923. The first kappa shape index (κ1) is 8.05. The Balaban J connectivity index is 2.05. The van der Waals surface area contributed by atoms with Gasteiger partial charge in [0, 0.05) is 12.1 Å². The smallest absolute Gasteiger partial charge is 0.234 e. The maximum atomic E-state index is 11.1. The summed E-state index contributed by atoms with van der Waals surface area (Å²) >= 11 is 0. The SMILES string of the molecule is CC1CCCC2NCC(=O)NC12. The third-order valence-electron chi connectivity index (χ3n) is 3.07. The summed E-state index contributed by atoms with van der Waals surface area (Å²) in [5.74, 6) is 0.797. The molecule has 2 fully saturated rings. The standard InChI is InChI=1S/C9H16N2O/c1-6-3-2-4-7-9(6)11-8(12)5-10-7/h6-7,9-10H,2-5H2,1H3,(H,11,12). The molecule has 3 atom stereocenters. The fraction of sp³-hybridized carbons (Fsp3) is 0.889. The Kier molecular flexibility index (Phi) is 2.05. The second-order valence-corrected chi connectivity index (χ2v) is 3.99. The van der Waals surface area contributed by atoms with Crippen LogP contribution in [0.3, 0.4) is 0 Å². The molecule has 2 rings (SSSR count). The molecule has 1 saturated heterocycles. The van der Waals surface area contributed by atoms with Gasteiger partial charge in [0.2, 0.25) is 5.91 Å². The average Bonchev–Trinajstić information content (AvgIpc) is 2.07. The highest BCUT2D eigenvalue weighted by Gasteiger charge is 2.34. The predicted molar refractivity (Wildman–Crippen MR) is 46.7 cm³/mol. The fourth-order valence-corrected chi connectivity index (χ4v) is 2.35. The van der Waals surface area contributed by atoms with E-state index in [1.54, 1.807) is 0 Å². The normalized spacial score (nSPS) is 41.8. The minimum Gasteiger partial charge on any atom is -0.350 e. The summed E-state index contributed by atoms with van der Waals surface area (Å²) < 4.78 is 0. The van der Waals surface area contributed by atoms with E-state index in [9.17, 15) is 4.79 Å². The van der Waals surface area contributed by atoms with Crippen molar-refractivity contribution in [2.75, 3.05) is 6.54 Å². The third kappa shape index (κ3) is 1.33. The van der Waals surface area contributed by atoms with Gasteiger partial charge in [-0.15, -0.1) is 0 Å². The zero-order valence-corrected chi connectivity index (χ0v) is 7.47. The Labute approximate surface area is 72.9 Å². The first-order valence-corrected chi connectivity index (χ1v) is 4.80. The van der Waals surface area contributed by atoms with Crippen LogP contribution in [-0.2, 0) is 4.79 Å². The lowest BCUT2D eigenvalue weighted by Crippen LogP contribution is -2.62. The van der Waals surface area contributed by atoms with Gasteiger partial charge in [-0.05, 0) is 18.8 Å².